The summed E-state index contributed by atoms with van der Waals surface area (Å²) in [7, 11) is 0. The Morgan fingerprint density at radius 3 is 2.35 bits per heavy atom. The van der Waals surface area contributed by atoms with E-state index in [0.717, 1.165) is 6.07 Å². The molecule has 0 saturated heterocycles. The van der Waals surface area contributed by atoms with Crippen molar-refractivity contribution in [2.24, 2.45) is 0 Å². The summed E-state index contributed by atoms with van der Waals surface area (Å²) in [5.74, 6) is -2.25. The van der Waals surface area contributed by atoms with E-state index >= 15 is 0 Å². The zero-order valence-corrected chi connectivity index (χ0v) is 14.7. The van der Waals surface area contributed by atoms with Crippen LogP contribution in [0.25, 0.3) is 0 Å². The Hall–Kier alpha value is -0.933. The van der Waals surface area contributed by atoms with Crippen LogP contribution in [0.5, 0.6) is 0 Å². The molecule has 1 rings (SSSR count). The molecule has 0 fully saturated rings. The van der Waals surface area contributed by atoms with E-state index in [1.54, 1.807) is 20.8 Å². The van der Waals surface area contributed by atoms with E-state index in [-0.39, 0.29) is 40.9 Å². The number of hydrogen-bond donors (Lipinski definition) is 1. The van der Waals surface area contributed by atoms with Crippen LogP contribution in [0, 0.1) is 5.82 Å². The van der Waals surface area contributed by atoms with Crippen molar-refractivity contribution in [3.63, 3.8) is 0 Å². The standard InChI is InChI=1S/C14H16Cl2FNO4.Li/c1-14(2,3)22-13(21)18-9(12(19)20)6-7-4-5-8(17)11(16)10(7)15;/h4-5,9H,6H2,1-3H3,(H,18,21)(H,19,20);/q;+1/p-1/t9-;/m1./s1. The van der Waals surface area contributed by atoms with E-state index in [9.17, 15) is 19.1 Å². The Labute approximate surface area is 155 Å². The number of carboxylic acid groups (broad SMARTS) is 1. The van der Waals surface area contributed by atoms with Gasteiger partial charge < -0.3 is 20.0 Å². The first-order valence-corrected chi connectivity index (χ1v) is 7.09. The van der Waals surface area contributed by atoms with Crippen LogP contribution >= 0.6 is 23.2 Å². The smallest absolute Gasteiger partial charge is 0.548 e. The number of nitrogens with one attached hydrogen (secondary N) is 1. The van der Waals surface area contributed by atoms with Crippen molar-refractivity contribution in [3.8, 4) is 0 Å². The maximum atomic E-state index is 13.2. The van der Waals surface area contributed by atoms with Gasteiger partial charge in [-0.25, -0.2) is 9.18 Å². The Morgan fingerprint density at radius 2 is 1.87 bits per heavy atom. The first-order chi connectivity index (χ1) is 10.0. The number of rotatable bonds is 4. The summed E-state index contributed by atoms with van der Waals surface area (Å²) in [6.07, 6.45) is -1.13. The fraction of sp³-hybridized carbons (Fsp3) is 0.429. The van der Waals surface area contributed by atoms with Crippen LogP contribution in [0.4, 0.5) is 9.18 Å². The van der Waals surface area contributed by atoms with Gasteiger partial charge in [0.25, 0.3) is 0 Å². The molecule has 9 heteroatoms. The van der Waals surface area contributed by atoms with Crippen LogP contribution in [-0.2, 0) is 16.0 Å². The molecule has 1 atom stereocenters. The first-order valence-electron chi connectivity index (χ1n) is 6.34. The maximum Gasteiger partial charge on any atom is 1.00 e. The van der Waals surface area contributed by atoms with E-state index < -0.39 is 29.5 Å². The number of ether oxygens (including phenoxy) is 1. The van der Waals surface area contributed by atoms with E-state index in [0.29, 0.717) is 0 Å². The summed E-state index contributed by atoms with van der Waals surface area (Å²) in [4.78, 5) is 22.8. The zero-order valence-electron chi connectivity index (χ0n) is 13.2. The van der Waals surface area contributed by atoms with Gasteiger partial charge in [0, 0.05) is 0 Å². The third kappa shape index (κ3) is 7.00. The third-order valence-corrected chi connectivity index (χ3v) is 3.41. The van der Waals surface area contributed by atoms with Crippen LogP contribution < -0.4 is 29.3 Å². The molecular weight excluding hydrogens is 343 g/mol. The van der Waals surface area contributed by atoms with Gasteiger partial charge in [0.1, 0.15) is 11.4 Å². The molecule has 1 aromatic rings. The molecule has 1 aromatic carbocycles. The Bertz CT molecular complexity index is 593. The van der Waals surface area contributed by atoms with Gasteiger partial charge in [0.05, 0.1) is 22.1 Å². The number of alkyl carbamates (subject to hydrolysis) is 1. The predicted molar refractivity (Wildman–Crippen MR) is 78.3 cm³/mol. The molecule has 0 heterocycles. The van der Waals surface area contributed by atoms with Crippen molar-refractivity contribution in [2.45, 2.75) is 38.8 Å². The van der Waals surface area contributed by atoms with Gasteiger partial charge in [0.15, 0.2) is 0 Å². The van der Waals surface area contributed by atoms with Gasteiger partial charge >= 0.3 is 25.0 Å². The summed E-state index contributed by atoms with van der Waals surface area (Å²) in [5, 5.41) is 12.9. The normalized spacial score (nSPS) is 12.1. The zero-order chi connectivity index (χ0) is 17.1. The average Bonchev–Trinajstić information content (AvgIpc) is 2.36. The number of aliphatic carboxylic acids is 1. The van der Waals surface area contributed by atoms with E-state index in [1.807, 2.05) is 0 Å². The van der Waals surface area contributed by atoms with E-state index in [2.05, 4.69) is 5.32 Å². The largest absolute Gasteiger partial charge is 1.00 e. The van der Waals surface area contributed by atoms with Crippen molar-refractivity contribution in [2.75, 3.05) is 0 Å². The van der Waals surface area contributed by atoms with Gasteiger partial charge in [-0.1, -0.05) is 29.3 Å². The van der Waals surface area contributed by atoms with Crippen LogP contribution in [0.1, 0.15) is 26.3 Å². The molecule has 1 N–H and O–H groups in total. The molecule has 0 spiro atoms. The number of carbonyl (C=O) groups excluding carboxylic acids is 2. The summed E-state index contributed by atoms with van der Waals surface area (Å²) < 4.78 is 18.2. The van der Waals surface area contributed by atoms with E-state index in [4.69, 9.17) is 27.9 Å². The number of halogens is 3. The molecule has 122 valence electrons. The fourth-order valence-electron chi connectivity index (χ4n) is 1.59. The Morgan fingerprint density at radius 1 is 1.30 bits per heavy atom. The number of carbonyl (C=O) groups is 2. The molecule has 23 heavy (non-hydrogen) atoms. The summed E-state index contributed by atoms with van der Waals surface area (Å²) in [6.45, 7) is 4.91. The summed E-state index contributed by atoms with van der Waals surface area (Å²) in [6, 6.07) is 0.952. The number of carboxylic acids is 1. The van der Waals surface area contributed by atoms with Gasteiger partial charge in [-0.15, -0.1) is 0 Å². The third-order valence-electron chi connectivity index (χ3n) is 2.51. The van der Waals surface area contributed by atoms with Crippen LogP contribution in [-0.4, -0.2) is 23.7 Å². The molecule has 0 bridgehead atoms. The molecule has 0 saturated carbocycles. The topological polar surface area (TPSA) is 78.5 Å². The van der Waals surface area contributed by atoms with Crippen molar-refractivity contribution >= 4 is 35.3 Å². The predicted octanol–water partition coefficient (Wildman–Crippen LogP) is -0.678. The molecule has 0 aliphatic heterocycles. The molecule has 0 aliphatic rings. The van der Waals surface area contributed by atoms with Crippen molar-refractivity contribution in [1.82, 2.24) is 5.32 Å². The molecule has 5 nitrogen and oxygen atoms in total. The van der Waals surface area contributed by atoms with Gasteiger partial charge in [-0.2, -0.15) is 0 Å². The monoisotopic (exact) mass is 357 g/mol. The molecule has 0 aromatic heterocycles. The van der Waals surface area contributed by atoms with Gasteiger partial charge in [-0.3, -0.25) is 0 Å². The Balaban J connectivity index is 0.00000484. The van der Waals surface area contributed by atoms with Crippen LogP contribution in [0.15, 0.2) is 12.1 Å². The summed E-state index contributed by atoms with van der Waals surface area (Å²) in [5.41, 5.74) is -0.518. The number of benzene rings is 1. The SMILES string of the molecule is CC(C)(C)OC(=O)N[C@H](Cc1ccc(F)c(Cl)c1Cl)C(=O)[O-].[Li+]. The molecule has 1 amide bonds. The minimum absolute atomic E-state index is 0. The minimum atomic E-state index is -1.53. The van der Waals surface area contributed by atoms with Gasteiger partial charge in [0.2, 0.25) is 0 Å². The van der Waals surface area contributed by atoms with Crippen LogP contribution in [0.2, 0.25) is 10.0 Å². The number of hydrogen-bond acceptors (Lipinski definition) is 4. The Kier molecular flexibility index (Phi) is 8.43. The minimum Gasteiger partial charge on any atom is -0.548 e. The molecule has 0 aliphatic carbocycles. The van der Waals surface area contributed by atoms with Crippen molar-refractivity contribution < 1.29 is 42.7 Å². The van der Waals surface area contributed by atoms with E-state index in [1.165, 1.54) is 6.07 Å². The second-order valence-corrected chi connectivity index (χ2v) is 6.31. The average molecular weight is 358 g/mol. The van der Waals surface area contributed by atoms with Crippen molar-refractivity contribution in [3.05, 3.63) is 33.6 Å². The number of amides is 1. The van der Waals surface area contributed by atoms with Crippen LogP contribution in [0.3, 0.4) is 0 Å². The second-order valence-electron chi connectivity index (χ2n) is 5.56. The molecular formula is C14H15Cl2FLiNO4. The second kappa shape index (κ2) is 8.79. The fourth-order valence-corrected chi connectivity index (χ4v) is 2.00. The maximum absolute atomic E-state index is 13.2. The molecule has 0 radical (unpaired) electrons. The first kappa shape index (κ1) is 22.1. The quantitative estimate of drug-likeness (QED) is 0.572. The molecule has 0 unspecified atom stereocenters. The van der Waals surface area contributed by atoms with Crippen molar-refractivity contribution in [1.29, 1.82) is 0 Å². The van der Waals surface area contributed by atoms with Gasteiger partial charge in [-0.05, 0) is 38.8 Å². The summed E-state index contributed by atoms with van der Waals surface area (Å²) >= 11 is 11.5.